The highest BCUT2D eigenvalue weighted by molar-refractivity contribution is 5.95. The highest BCUT2D eigenvalue weighted by atomic mass is 16.4. The van der Waals surface area contributed by atoms with E-state index in [1.165, 1.54) is 6.07 Å². The second kappa shape index (κ2) is 7.13. The maximum Gasteiger partial charge on any atom is 0.319 e. The number of hydrogen-bond donors (Lipinski definition) is 4. The van der Waals surface area contributed by atoms with E-state index >= 15 is 0 Å². The van der Waals surface area contributed by atoms with Crippen LogP contribution in [-0.2, 0) is 4.79 Å². The molecule has 0 aromatic heterocycles. The Morgan fingerprint density at radius 2 is 2.05 bits per heavy atom. The van der Waals surface area contributed by atoms with Gasteiger partial charge in [0.2, 0.25) is 5.91 Å². The molecule has 108 valence electrons. The van der Waals surface area contributed by atoms with Crippen LogP contribution in [0.25, 0.3) is 0 Å². The van der Waals surface area contributed by atoms with Gasteiger partial charge in [-0.3, -0.25) is 9.59 Å². The highest BCUT2D eigenvalue weighted by Gasteiger charge is 2.10. The van der Waals surface area contributed by atoms with Crippen molar-refractivity contribution in [3.63, 3.8) is 0 Å². The van der Waals surface area contributed by atoms with Gasteiger partial charge in [-0.15, -0.1) is 0 Å². The van der Waals surface area contributed by atoms with Crippen molar-refractivity contribution in [3.05, 3.63) is 29.8 Å². The number of benzene rings is 1. The molecular formula is C13H17N3O4. The van der Waals surface area contributed by atoms with Crippen molar-refractivity contribution in [3.8, 4) is 0 Å². The van der Waals surface area contributed by atoms with E-state index in [9.17, 15) is 14.4 Å². The maximum atomic E-state index is 11.7. The van der Waals surface area contributed by atoms with Crippen LogP contribution in [0.3, 0.4) is 0 Å². The Morgan fingerprint density at radius 1 is 1.35 bits per heavy atom. The van der Waals surface area contributed by atoms with Crippen molar-refractivity contribution in [2.75, 3.05) is 5.32 Å². The number of anilines is 1. The van der Waals surface area contributed by atoms with Gasteiger partial charge in [-0.05, 0) is 31.5 Å². The van der Waals surface area contributed by atoms with Crippen LogP contribution in [-0.4, -0.2) is 29.1 Å². The fourth-order valence-electron chi connectivity index (χ4n) is 1.55. The molecule has 0 fully saturated rings. The van der Waals surface area contributed by atoms with E-state index in [4.69, 9.17) is 10.8 Å². The molecule has 0 aliphatic heterocycles. The van der Waals surface area contributed by atoms with Crippen molar-refractivity contribution >= 4 is 23.6 Å². The molecule has 0 aliphatic carbocycles. The van der Waals surface area contributed by atoms with Crippen LogP contribution >= 0.6 is 0 Å². The van der Waals surface area contributed by atoms with Gasteiger partial charge in [0.25, 0.3) is 0 Å². The molecule has 0 spiro atoms. The molecule has 0 heterocycles. The van der Waals surface area contributed by atoms with E-state index in [0.717, 1.165) is 0 Å². The van der Waals surface area contributed by atoms with Crippen LogP contribution < -0.4 is 16.4 Å². The standard InChI is InChI=1S/C13H17N3O4/c1-8(5-6-11(17)18)15-13(20)16-10-4-2-3-9(7-10)12(14)19/h2-4,7-8H,5-6H2,1H3,(H2,14,19)(H,17,18)(H2,15,16,20). The van der Waals surface area contributed by atoms with Crippen molar-refractivity contribution in [1.29, 1.82) is 0 Å². The minimum Gasteiger partial charge on any atom is -0.481 e. The molecule has 0 radical (unpaired) electrons. The zero-order valence-electron chi connectivity index (χ0n) is 11.1. The summed E-state index contributed by atoms with van der Waals surface area (Å²) in [6, 6.07) is 5.48. The van der Waals surface area contributed by atoms with Crippen LogP contribution in [0.1, 0.15) is 30.1 Å². The van der Waals surface area contributed by atoms with Crippen LogP contribution in [0.2, 0.25) is 0 Å². The minimum atomic E-state index is -0.909. The Balaban J connectivity index is 2.51. The van der Waals surface area contributed by atoms with E-state index in [0.29, 0.717) is 17.7 Å². The van der Waals surface area contributed by atoms with Crippen molar-refractivity contribution in [2.24, 2.45) is 5.73 Å². The van der Waals surface area contributed by atoms with Gasteiger partial charge < -0.3 is 21.5 Å². The Labute approximate surface area is 116 Å². The summed E-state index contributed by atoms with van der Waals surface area (Å²) in [6.07, 6.45) is 0.322. The molecule has 7 heteroatoms. The summed E-state index contributed by atoms with van der Waals surface area (Å²) in [5.41, 5.74) is 5.87. The van der Waals surface area contributed by atoms with Crippen LogP contribution in [0.4, 0.5) is 10.5 Å². The molecule has 0 aliphatic rings. The Morgan fingerprint density at radius 3 is 2.65 bits per heavy atom. The largest absolute Gasteiger partial charge is 0.481 e. The molecule has 7 nitrogen and oxygen atoms in total. The summed E-state index contributed by atoms with van der Waals surface area (Å²) in [7, 11) is 0. The summed E-state index contributed by atoms with van der Waals surface area (Å²) in [4.78, 5) is 33.1. The zero-order chi connectivity index (χ0) is 15.1. The zero-order valence-corrected chi connectivity index (χ0v) is 11.1. The molecule has 20 heavy (non-hydrogen) atoms. The quantitative estimate of drug-likeness (QED) is 0.624. The van der Waals surface area contributed by atoms with Crippen molar-refractivity contribution < 1.29 is 19.5 Å². The summed E-state index contributed by atoms with van der Waals surface area (Å²) in [5, 5.41) is 13.7. The number of primary amides is 1. The van der Waals surface area contributed by atoms with E-state index < -0.39 is 17.9 Å². The molecule has 1 atom stereocenters. The third-order valence-corrected chi connectivity index (χ3v) is 2.57. The number of nitrogens with one attached hydrogen (secondary N) is 2. The molecule has 0 bridgehead atoms. The van der Waals surface area contributed by atoms with E-state index in [-0.39, 0.29) is 12.5 Å². The number of rotatable bonds is 6. The fourth-order valence-corrected chi connectivity index (χ4v) is 1.55. The van der Waals surface area contributed by atoms with Crippen LogP contribution in [0.15, 0.2) is 24.3 Å². The lowest BCUT2D eigenvalue weighted by Crippen LogP contribution is -2.36. The molecule has 1 rings (SSSR count). The normalized spacial score (nSPS) is 11.4. The monoisotopic (exact) mass is 279 g/mol. The maximum absolute atomic E-state index is 11.7. The van der Waals surface area contributed by atoms with Gasteiger partial charge in [-0.25, -0.2) is 4.79 Å². The molecule has 0 saturated heterocycles. The minimum absolute atomic E-state index is 0.0153. The van der Waals surface area contributed by atoms with Gasteiger partial charge in [0.05, 0.1) is 0 Å². The number of carboxylic acid groups (broad SMARTS) is 1. The SMILES string of the molecule is CC(CCC(=O)O)NC(=O)Nc1cccc(C(N)=O)c1. The van der Waals surface area contributed by atoms with Crippen LogP contribution in [0, 0.1) is 0 Å². The number of carbonyl (C=O) groups is 3. The number of urea groups is 1. The number of amides is 3. The van der Waals surface area contributed by atoms with Gasteiger partial charge in [0.15, 0.2) is 0 Å². The smallest absolute Gasteiger partial charge is 0.319 e. The van der Waals surface area contributed by atoms with E-state index in [1.807, 2.05) is 0 Å². The number of nitrogens with two attached hydrogens (primary N) is 1. The number of carboxylic acids is 1. The number of carbonyl (C=O) groups excluding carboxylic acids is 2. The van der Waals surface area contributed by atoms with Gasteiger partial charge in [-0.2, -0.15) is 0 Å². The van der Waals surface area contributed by atoms with E-state index in [2.05, 4.69) is 10.6 Å². The van der Waals surface area contributed by atoms with Crippen LogP contribution in [0.5, 0.6) is 0 Å². The first-order valence-corrected chi connectivity index (χ1v) is 6.07. The third kappa shape index (κ3) is 5.38. The highest BCUT2D eigenvalue weighted by Crippen LogP contribution is 2.10. The summed E-state index contributed by atoms with van der Waals surface area (Å²) in [6.45, 7) is 1.71. The fraction of sp³-hybridized carbons (Fsp3) is 0.308. The Kier molecular flexibility index (Phi) is 5.52. The molecule has 1 aromatic carbocycles. The molecule has 1 unspecified atom stereocenters. The molecular weight excluding hydrogens is 262 g/mol. The van der Waals surface area contributed by atoms with Gasteiger partial charge in [0, 0.05) is 23.7 Å². The predicted octanol–water partition coefficient (Wildman–Crippen LogP) is 1.16. The van der Waals surface area contributed by atoms with Crippen molar-refractivity contribution in [1.82, 2.24) is 5.32 Å². The molecule has 0 saturated carbocycles. The van der Waals surface area contributed by atoms with Crippen molar-refractivity contribution in [2.45, 2.75) is 25.8 Å². The Hall–Kier alpha value is -2.57. The molecule has 3 amide bonds. The lowest BCUT2D eigenvalue weighted by Gasteiger charge is -2.13. The second-order valence-corrected chi connectivity index (χ2v) is 4.38. The lowest BCUT2D eigenvalue weighted by atomic mass is 10.2. The topological polar surface area (TPSA) is 122 Å². The number of hydrogen-bond acceptors (Lipinski definition) is 3. The Bertz CT molecular complexity index is 516. The molecule has 5 N–H and O–H groups in total. The lowest BCUT2D eigenvalue weighted by molar-refractivity contribution is -0.137. The average Bonchev–Trinajstić information content (AvgIpc) is 2.36. The van der Waals surface area contributed by atoms with E-state index in [1.54, 1.807) is 25.1 Å². The third-order valence-electron chi connectivity index (χ3n) is 2.57. The first-order valence-electron chi connectivity index (χ1n) is 6.07. The second-order valence-electron chi connectivity index (χ2n) is 4.38. The van der Waals surface area contributed by atoms with Gasteiger partial charge in [0.1, 0.15) is 0 Å². The first kappa shape index (κ1) is 15.5. The van der Waals surface area contributed by atoms with Gasteiger partial charge >= 0.3 is 12.0 Å². The number of aliphatic carboxylic acids is 1. The molecule has 1 aromatic rings. The summed E-state index contributed by atoms with van der Waals surface area (Å²) < 4.78 is 0. The predicted molar refractivity (Wildman–Crippen MR) is 73.4 cm³/mol. The first-order chi connectivity index (χ1) is 9.38. The average molecular weight is 279 g/mol. The summed E-state index contributed by atoms with van der Waals surface area (Å²) >= 11 is 0. The summed E-state index contributed by atoms with van der Waals surface area (Å²) in [5.74, 6) is -1.49. The van der Waals surface area contributed by atoms with Gasteiger partial charge in [-0.1, -0.05) is 6.07 Å².